The van der Waals surface area contributed by atoms with Crippen molar-refractivity contribution < 1.29 is 18.7 Å². The lowest BCUT2D eigenvalue weighted by Gasteiger charge is -2.15. The molecule has 0 radical (unpaired) electrons. The van der Waals surface area contributed by atoms with E-state index < -0.39 is 0 Å². The maximum Gasteiger partial charge on any atom is 0.251 e. The van der Waals surface area contributed by atoms with E-state index in [2.05, 4.69) is 5.32 Å². The zero-order chi connectivity index (χ0) is 15.9. The number of carbonyl (C=O) groups is 1. The first-order valence-electron chi connectivity index (χ1n) is 6.92. The first-order valence-corrected chi connectivity index (χ1v) is 6.92. The van der Waals surface area contributed by atoms with Crippen molar-refractivity contribution in [3.63, 3.8) is 0 Å². The number of hydrogen-bond donors (Lipinski definition) is 1. The fourth-order valence-electron chi connectivity index (χ4n) is 1.84. The second-order valence-electron chi connectivity index (χ2n) is 4.87. The van der Waals surface area contributed by atoms with Crippen LogP contribution in [-0.2, 0) is 0 Å². The highest BCUT2D eigenvalue weighted by Gasteiger charge is 2.10. The van der Waals surface area contributed by atoms with Gasteiger partial charge in [0.15, 0.2) is 0 Å². The molecule has 1 atom stereocenters. The summed E-state index contributed by atoms with van der Waals surface area (Å²) in [5.74, 6) is 0.826. The molecule has 0 aliphatic heterocycles. The Morgan fingerprint density at radius 3 is 2.27 bits per heavy atom. The summed E-state index contributed by atoms with van der Waals surface area (Å²) in [6.45, 7) is 2.17. The van der Waals surface area contributed by atoms with E-state index in [1.54, 1.807) is 31.4 Å². The van der Waals surface area contributed by atoms with E-state index in [0.717, 1.165) is 5.75 Å². The van der Waals surface area contributed by atoms with Gasteiger partial charge in [-0.15, -0.1) is 0 Å². The molecule has 0 aromatic heterocycles. The summed E-state index contributed by atoms with van der Waals surface area (Å²) in [4.78, 5) is 12.0. The average Bonchev–Trinajstić information content (AvgIpc) is 2.54. The fraction of sp³-hybridized carbons (Fsp3) is 0.235. The van der Waals surface area contributed by atoms with Gasteiger partial charge < -0.3 is 14.8 Å². The molecular weight excluding hydrogens is 285 g/mol. The number of carbonyl (C=O) groups excluding carboxylic acids is 1. The molecule has 5 heteroatoms. The highest BCUT2D eigenvalue weighted by Crippen LogP contribution is 2.17. The van der Waals surface area contributed by atoms with E-state index in [1.165, 1.54) is 24.3 Å². The van der Waals surface area contributed by atoms with Crippen LogP contribution in [0.3, 0.4) is 0 Å². The first-order chi connectivity index (χ1) is 10.6. The van der Waals surface area contributed by atoms with Crippen molar-refractivity contribution in [3.05, 3.63) is 59.9 Å². The molecule has 1 N–H and O–H groups in total. The standard InChI is InChI=1S/C17H18FNO3/c1-12(11-22-16-9-7-15(21-2)8-10-16)19-17(20)13-3-5-14(18)6-4-13/h3-10,12H,11H2,1-2H3,(H,19,20)/t12-/m1/s1. The Kier molecular flexibility index (Phi) is 5.36. The SMILES string of the molecule is COc1ccc(OC[C@@H](C)NC(=O)c2ccc(F)cc2)cc1. The predicted octanol–water partition coefficient (Wildman–Crippen LogP) is 3.03. The molecule has 0 saturated carbocycles. The van der Waals surface area contributed by atoms with Crippen LogP contribution in [0.5, 0.6) is 11.5 Å². The first kappa shape index (κ1) is 15.8. The van der Waals surface area contributed by atoms with Gasteiger partial charge in [0.05, 0.1) is 13.2 Å². The van der Waals surface area contributed by atoms with E-state index >= 15 is 0 Å². The highest BCUT2D eigenvalue weighted by atomic mass is 19.1. The Bertz CT molecular complexity index is 611. The summed E-state index contributed by atoms with van der Waals surface area (Å²) in [5.41, 5.74) is 0.415. The van der Waals surface area contributed by atoms with Gasteiger partial charge in [0.25, 0.3) is 5.91 Å². The minimum absolute atomic E-state index is 0.181. The third-order valence-corrected chi connectivity index (χ3v) is 3.04. The molecule has 1 amide bonds. The molecule has 0 heterocycles. The summed E-state index contributed by atoms with van der Waals surface area (Å²) in [6, 6.07) is 12.4. The number of hydrogen-bond acceptors (Lipinski definition) is 3. The number of halogens is 1. The minimum Gasteiger partial charge on any atom is -0.497 e. The number of methoxy groups -OCH3 is 1. The Morgan fingerprint density at radius 2 is 1.68 bits per heavy atom. The fourth-order valence-corrected chi connectivity index (χ4v) is 1.84. The van der Waals surface area contributed by atoms with Crippen molar-refractivity contribution >= 4 is 5.91 Å². The maximum atomic E-state index is 12.8. The smallest absolute Gasteiger partial charge is 0.251 e. The average molecular weight is 303 g/mol. The van der Waals surface area contributed by atoms with Gasteiger partial charge in [-0.05, 0) is 55.5 Å². The van der Waals surface area contributed by atoms with Gasteiger partial charge in [0, 0.05) is 5.56 Å². The van der Waals surface area contributed by atoms with Crippen LogP contribution in [0.15, 0.2) is 48.5 Å². The molecule has 0 aliphatic carbocycles. The normalized spacial score (nSPS) is 11.6. The lowest BCUT2D eigenvalue weighted by molar-refractivity contribution is 0.0926. The van der Waals surface area contributed by atoms with Crippen molar-refractivity contribution in [2.45, 2.75) is 13.0 Å². The van der Waals surface area contributed by atoms with Crippen LogP contribution in [0.4, 0.5) is 4.39 Å². The van der Waals surface area contributed by atoms with Crippen molar-refractivity contribution in [2.24, 2.45) is 0 Å². The van der Waals surface area contributed by atoms with Crippen LogP contribution < -0.4 is 14.8 Å². The predicted molar refractivity (Wildman–Crippen MR) is 81.8 cm³/mol. The van der Waals surface area contributed by atoms with E-state index in [0.29, 0.717) is 17.9 Å². The molecule has 0 spiro atoms. The molecule has 2 rings (SSSR count). The number of benzene rings is 2. The zero-order valence-corrected chi connectivity index (χ0v) is 12.5. The van der Waals surface area contributed by atoms with Crippen molar-refractivity contribution in [3.8, 4) is 11.5 Å². The van der Waals surface area contributed by atoms with Crippen molar-refractivity contribution in [1.29, 1.82) is 0 Å². The van der Waals surface area contributed by atoms with Gasteiger partial charge in [-0.1, -0.05) is 0 Å². The van der Waals surface area contributed by atoms with E-state index in [9.17, 15) is 9.18 Å². The number of ether oxygens (including phenoxy) is 2. The maximum absolute atomic E-state index is 12.8. The Labute approximate surface area is 128 Å². The van der Waals surface area contributed by atoms with Gasteiger partial charge in [0.2, 0.25) is 0 Å². The lowest BCUT2D eigenvalue weighted by Crippen LogP contribution is -2.36. The Balaban J connectivity index is 1.82. The quantitative estimate of drug-likeness (QED) is 0.892. The summed E-state index contributed by atoms with van der Waals surface area (Å²) in [6.07, 6.45) is 0. The molecule has 4 nitrogen and oxygen atoms in total. The van der Waals surface area contributed by atoms with Crippen LogP contribution in [0.1, 0.15) is 17.3 Å². The van der Waals surface area contributed by atoms with Crippen LogP contribution >= 0.6 is 0 Å². The van der Waals surface area contributed by atoms with Crippen LogP contribution in [0.2, 0.25) is 0 Å². The Morgan fingerprint density at radius 1 is 1.09 bits per heavy atom. The van der Waals surface area contributed by atoms with Gasteiger partial charge in [-0.2, -0.15) is 0 Å². The lowest BCUT2D eigenvalue weighted by atomic mass is 10.2. The van der Waals surface area contributed by atoms with E-state index in [-0.39, 0.29) is 17.8 Å². The molecule has 116 valence electrons. The molecule has 0 saturated heterocycles. The molecule has 0 bridgehead atoms. The second kappa shape index (κ2) is 7.45. The summed E-state index contributed by atoms with van der Waals surface area (Å²) in [7, 11) is 1.60. The molecule has 0 unspecified atom stereocenters. The van der Waals surface area contributed by atoms with Gasteiger partial charge >= 0.3 is 0 Å². The summed E-state index contributed by atoms with van der Waals surface area (Å²) in [5, 5.41) is 2.80. The monoisotopic (exact) mass is 303 g/mol. The third-order valence-electron chi connectivity index (χ3n) is 3.04. The minimum atomic E-state index is -0.368. The number of amides is 1. The van der Waals surface area contributed by atoms with E-state index in [1.807, 2.05) is 6.92 Å². The Hall–Kier alpha value is -2.56. The number of rotatable bonds is 6. The molecule has 22 heavy (non-hydrogen) atoms. The van der Waals surface area contributed by atoms with Gasteiger partial charge in [-0.3, -0.25) is 4.79 Å². The van der Waals surface area contributed by atoms with Gasteiger partial charge in [-0.25, -0.2) is 4.39 Å². The van der Waals surface area contributed by atoms with Gasteiger partial charge in [0.1, 0.15) is 23.9 Å². The molecular formula is C17H18FNO3. The molecule has 0 aliphatic rings. The third kappa shape index (κ3) is 4.48. The molecule has 2 aromatic rings. The van der Waals surface area contributed by atoms with Crippen molar-refractivity contribution in [2.75, 3.05) is 13.7 Å². The van der Waals surface area contributed by atoms with Crippen LogP contribution in [0, 0.1) is 5.82 Å². The topological polar surface area (TPSA) is 47.6 Å². The second-order valence-corrected chi connectivity index (χ2v) is 4.87. The van der Waals surface area contributed by atoms with E-state index in [4.69, 9.17) is 9.47 Å². The zero-order valence-electron chi connectivity index (χ0n) is 12.5. The number of nitrogens with one attached hydrogen (secondary N) is 1. The molecule has 0 fully saturated rings. The van der Waals surface area contributed by atoms with Crippen molar-refractivity contribution in [1.82, 2.24) is 5.32 Å². The van der Waals surface area contributed by atoms with Crippen LogP contribution in [0.25, 0.3) is 0 Å². The highest BCUT2D eigenvalue weighted by molar-refractivity contribution is 5.94. The molecule has 2 aromatic carbocycles. The largest absolute Gasteiger partial charge is 0.497 e. The summed E-state index contributed by atoms with van der Waals surface area (Å²) < 4.78 is 23.5. The summed E-state index contributed by atoms with van der Waals surface area (Å²) >= 11 is 0. The van der Waals surface area contributed by atoms with Crippen LogP contribution in [-0.4, -0.2) is 25.7 Å².